The van der Waals surface area contributed by atoms with E-state index in [2.05, 4.69) is 9.05 Å². The summed E-state index contributed by atoms with van der Waals surface area (Å²) < 4.78 is 18.9. The van der Waals surface area contributed by atoms with Gasteiger partial charge in [0.15, 0.2) is 0 Å². The molecule has 1 aliphatic heterocycles. The van der Waals surface area contributed by atoms with E-state index in [1.54, 1.807) is 0 Å². The third kappa shape index (κ3) is 1.91. The maximum atomic E-state index is 10.5. The molecule has 0 aromatic rings. The summed E-state index contributed by atoms with van der Waals surface area (Å²) in [4.78, 5) is 8.56. The van der Waals surface area contributed by atoms with Gasteiger partial charge in [0.1, 0.15) is 0 Å². The van der Waals surface area contributed by atoms with Crippen LogP contribution in [-0.2, 0) is 13.6 Å². The Hall–Kier alpha value is -0.730. The Morgan fingerprint density at radius 3 is 2.11 bits per heavy atom. The fraction of sp³-hybridized carbons (Fsp3) is 0. The highest BCUT2D eigenvalue weighted by molar-refractivity contribution is 7.47. The molecule has 0 radical (unpaired) electrons. The van der Waals surface area contributed by atoms with Gasteiger partial charge in [0.25, 0.3) is 0 Å². The Labute approximate surface area is 52.0 Å². The van der Waals surface area contributed by atoms with Crippen molar-refractivity contribution in [2.24, 2.45) is 0 Å². The Balaban J connectivity index is 2.73. The van der Waals surface area contributed by atoms with Crippen LogP contribution in [0.25, 0.3) is 0 Å². The first-order valence-corrected chi connectivity index (χ1v) is 3.71. The maximum Gasteiger partial charge on any atom is 0.583 e. The molecular formula is C4H5O4P. The van der Waals surface area contributed by atoms with Gasteiger partial charge in [0.2, 0.25) is 0 Å². The van der Waals surface area contributed by atoms with Gasteiger partial charge in [-0.3, -0.25) is 4.89 Å². The van der Waals surface area contributed by atoms with Crippen molar-refractivity contribution in [1.29, 1.82) is 0 Å². The number of phosphoric ester groups is 1. The number of hydrogen-bond acceptors (Lipinski definition) is 3. The van der Waals surface area contributed by atoms with Crippen molar-refractivity contribution in [3.63, 3.8) is 0 Å². The number of phosphoric acid groups is 1. The molecule has 0 aliphatic carbocycles. The van der Waals surface area contributed by atoms with E-state index in [0.29, 0.717) is 0 Å². The molecule has 5 heteroatoms. The highest BCUT2D eigenvalue weighted by Gasteiger charge is 2.20. The molecule has 0 amide bonds. The van der Waals surface area contributed by atoms with Crippen LogP contribution in [-0.4, -0.2) is 4.89 Å². The molecule has 1 heterocycles. The SMILES string of the molecule is O=P1(O)OC=CC=CO1. The molecule has 4 nitrogen and oxygen atoms in total. The first kappa shape index (κ1) is 6.39. The molecule has 0 unspecified atom stereocenters. The Morgan fingerprint density at radius 2 is 1.67 bits per heavy atom. The van der Waals surface area contributed by atoms with Crippen LogP contribution in [0.5, 0.6) is 0 Å². The normalized spacial score (nSPS) is 21.9. The van der Waals surface area contributed by atoms with Crippen molar-refractivity contribution in [2.75, 3.05) is 0 Å². The first-order chi connectivity index (χ1) is 4.21. The summed E-state index contributed by atoms with van der Waals surface area (Å²) in [6.45, 7) is 0. The van der Waals surface area contributed by atoms with Crippen LogP contribution in [0.1, 0.15) is 0 Å². The van der Waals surface area contributed by atoms with E-state index >= 15 is 0 Å². The van der Waals surface area contributed by atoms with Crippen LogP contribution in [0, 0.1) is 0 Å². The molecule has 1 aliphatic rings. The van der Waals surface area contributed by atoms with Gasteiger partial charge in [-0.25, -0.2) is 4.57 Å². The van der Waals surface area contributed by atoms with Gasteiger partial charge < -0.3 is 9.05 Å². The summed E-state index contributed by atoms with van der Waals surface area (Å²) in [5.74, 6) is 0. The van der Waals surface area contributed by atoms with E-state index in [1.807, 2.05) is 0 Å². The summed E-state index contributed by atoms with van der Waals surface area (Å²) >= 11 is 0. The number of allylic oxidation sites excluding steroid dienone is 2. The molecule has 0 fully saturated rings. The molecule has 0 saturated heterocycles. The average Bonchev–Trinajstić information content (AvgIpc) is 1.92. The van der Waals surface area contributed by atoms with Crippen LogP contribution in [0.2, 0.25) is 0 Å². The Kier molecular flexibility index (Phi) is 1.60. The predicted octanol–water partition coefficient (Wildman–Crippen LogP) is 1.16. The van der Waals surface area contributed by atoms with Gasteiger partial charge >= 0.3 is 7.82 Å². The van der Waals surface area contributed by atoms with Gasteiger partial charge in [0, 0.05) is 0 Å². The van der Waals surface area contributed by atoms with Gasteiger partial charge in [-0.05, 0) is 12.2 Å². The van der Waals surface area contributed by atoms with E-state index in [-0.39, 0.29) is 0 Å². The first-order valence-electron chi connectivity index (χ1n) is 2.22. The molecule has 9 heavy (non-hydrogen) atoms. The van der Waals surface area contributed by atoms with E-state index < -0.39 is 7.82 Å². The largest absolute Gasteiger partial charge is 0.583 e. The molecule has 0 aromatic heterocycles. The average molecular weight is 148 g/mol. The van der Waals surface area contributed by atoms with Crippen molar-refractivity contribution < 1.29 is 18.5 Å². The topological polar surface area (TPSA) is 55.8 Å². The minimum atomic E-state index is -3.80. The van der Waals surface area contributed by atoms with Gasteiger partial charge in [0.05, 0.1) is 12.5 Å². The maximum absolute atomic E-state index is 10.5. The van der Waals surface area contributed by atoms with E-state index in [9.17, 15) is 4.57 Å². The standard InChI is InChI=1S/C4H5O4P/c5-9(6)7-3-1-2-4-8-9/h1-4H,(H,5,6). The summed E-state index contributed by atoms with van der Waals surface area (Å²) in [6, 6.07) is 0. The lowest BCUT2D eigenvalue weighted by molar-refractivity contribution is 0.246. The third-order valence-corrected chi connectivity index (χ3v) is 1.43. The summed E-state index contributed by atoms with van der Waals surface area (Å²) in [7, 11) is -3.80. The lowest BCUT2D eigenvalue weighted by Crippen LogP contribution is -1.80. The molecule has 0 spiro atoms. The van der Waals surface area contributed by atoms with Crippen molar-refractivity contribution in [2.45, 2.75) is 0 Å². The van der Waals surface area contributed by atoms with Crippen molar-refractivity contribution >= 4 is 7.82 Å². The lowest BCUT2D eigenvalue weighted by atomic mass is 10.6. The molecular weight excluding hydrogens is 143 g/mol. The number of rotatable bonds is 0. The second-order valence-corrected chi connectivity index (χ2v) is 2.70. The van der Waals surface area contributed by atoms with Crippen LogP contribution in [0.15, 0.2) is 24.7 Å². The minimum absolute atomic E-state index is 1.10. The molecule has 50 valence electrons. The molecule has 1 N–H and O–H groups in total. The number of hydrogen-bond donors (Lipinski definition) is 1. The summed E-state index contributed by atoms with van der Waals surface area (Å²) in [6.07, 6.45) is 5.11. The fourth-order valence-electron chi connectivity index (χ4n) is 0.340. The van der Waals surface area contributed by atoms with Gasteiger partial charge in [-0.15, -0.1) is 0 Å². The Bertz CT molecular complexity index is 177. The predicted molar refractivity (Wildman–Crippen MR) is 30.3 cm³/mol. The second kappa shape index (κ2) is 2.25. The molecule has 0 saturated carbocycles. The van der Waals surface area contributed by atoms with Crippen LogP contribution >= 0.6 is 7.82 Å². The summed E-state index contributed by atoms with van der Waals surface area (Å²) in [5.41, 5.74) is 0. The zero-order valence-corrected chi connectivity index (χ0v) is 5.32. The van der Waals surface area contributed by atoms with Gasteiger partial charge in [-0.2, -0.15) is 0 Å². The van der Waals surface area contributed by atoms with Crippen molar-refractivity contribution in [3.05, 3.63) is 24.7 Å². The van der Waals surface area contributed by atoms with Crippen molar-refractivity contribution in [3.8, 4) is 0 Å². The quantitative estimate of drug-likeness (QED) is 0.523. The van der Waals surface area contributed by atoms with Crippen LogP contribution in [0.4, 0.5) is 0 Å². The minimum Gasteiger partial charge on any atom is -0.403 e. The Morgan fingerprint density at radius 1 is 1.22 bits per heavy atom. The summed E-state index contributed by atoms with van der Waals surface area (Å²) in [5, 5.41) is 0. The molecule has 0 bridgehead atoms. The smallest absolute Gasteiger partial charge is 0.403 e. The highest BCUT2D eigenvalue weighted by atomic mass is 31.2. The zero-order chi connectivity index (χ0) is 6.74. The highest BCUT2D eigenvalue weighted by Crippen LogP contribution is 2.44. The fourth-order valence-corrected chi connectivity index (χ4v) is 0.838. The van der Waals surface area contributed by atoms with Crippen molar-refractivity contribution in [1.82, 2.24) is 0 Å². The molecule has 0 aromatic carbocycles. The van der Waals surface area contributed by atoms with E-state index in [1.165, 1.54) is 12.2 Å². The molecule has 1 rings (SSSR count). The van der Waals surface area contributed by atoms with Crippen LogP contribution < -0.4 is 0 Å². The lowest BCUT2D eigenvalue weighted by Gasteiger charge is -2.04. The van der Waals surface area contributed by atoms with Crippen LogP contribution in [0.3, 0.4) is 0 Å². The van der Waals surface area contributed by atoms with Gasteiger partial charge in [-0.1, -0.05) is 0 Å². The zero-order valence-electron chi connectivity index (χ0n) is 4.43. The third-order valence-electron chi connectivity index (χ3n) is 0.656. The van der Waals surface area contributed by atoms with E-state index in [0.717, 1.165) is 12.5 Å². The second-order valence-electron chi connectivity index (χ2n) is 1.34. The monoisotopic (exact) mass is 148 g/mol. The van der Waals surface area contributed by atoms with E-state index in [4.69, 9.17) is 4.89 Å². The molecule has 0 atom stereocenters.